The summed E-state index contributed by atoms with van der Waals surface area (Å²) in [6, 6.07) is 0. The van der Waals surface area contributed by atoms with Gasteiger partial charge >= 0.3 is 17.9 Å². The average Bonchev–Trinajstić information content (AvgIpc) is 3.27. The lowest BCUT2D eigenvalue weighted by Crippen LogP contribution is -2.30. The Morgan fingerprint density at radius 2 is 0.524 bits per heavy atom. The summed E-state index contributed by atoms with van der Waals surface area (Å²) in [6.45, 7) is 9.05. The van der Waals surface area contributed by atoms with E-state index in [4.69, 9.17) is 14.2 Å². The molecule has 0 bridgehead atoms. The van der Waals surface area contributed by atoms with Crippen molar-refractivity contribution in [1.82, 2.24) is 0 Å². The largest absolute Gasteiger partial charge is 0.462 e. The van der Waals surface area contributed by atoms with Gasteiger partial charge in [-0.2, -0.15) is 0 Å². The lowest BCUT2D eigenvalue weighted by Gasteiger charge is -2.18. The first kappa shape index (κ1) is 61.4. The fourth-order valence-corrected chi connectivity index (χ4v) is 8.75. The van der Waals surface area contributed by atoms with Crippen LogP contribution in [0.5, 0.6) is 0 Å². The number of ether oxygens (including phenoxy) is 3. The minimum absolute atomic E-state index is 0.0620. The number of esters is 3. The van der Waals surface area contributed by atoms with E-state index in [2.05, 4.69) is 27.7 Å². The highest BCUT2D eigenvalue weighted by Gasteiger charge is 2.19. The van der Waals surface area contributed by atoms with Crippen LogP contribution in [0.2, 0.25) is 0 Å². The lowest BCUT2D eigenvalue weighted by molar-refractivity contribution is -0.167. The summed E-state index contributed by atoms with van der Waals surface area (Å²) in [5, 5.41) is 0. The third kappa shape index (κ3) is 51.3. The van der Waals surface area contributed by atoms with Crippen molar-refractivity contribution in [1.29, 1.82) is 0 Å². The minimum Gasteiger partial charge on any atom is -0.462 e. The third-order valence-corrected chi connectivity index (χ3v) is 13.0. The van der Waals surface area contributed by atoms with Gasteiger partial charge in [0.05, 0.1) is 0 Å². The van der Waals surface area contributed by atoms with Crippen LogP contribution >= 0.6 is 0 Å². The smallest absolute Gasteiger partial charge is 0.306 e. The van der Waals surface area contributed by atoms with Gasteiger partial charge in [-0.3, -0.25) is 14.4 Å². The molecule has 0 aromatic carbocycles. The average molecular weight is 892 g/mol. The predicted molar refractivity (Wildman–Crippen MR) is 270 cm³/mol. The Morgan fingerprint density at radius 3 is 0.778 bits per heavy atom. The number of carbonyl (C=O) groups is 3. The van der Waals surface area contributed by atoms with Gasteiger partial charge in [0.25, 0.3) is 0 Å². The molecule has 0 aliphatic heterocycles. The topological polar surface area (TPSA) is 78.9 Å². The van der Waals surface area contributed by atoms with Crippen LogP contribution in [-0.4, -0.2) is 37.2 Å². The van der Waals surface area contributed by atoms with Crippen LogP contribution in [0.4, 0.5) is 0 Å². The number of hydrogen-bond acceptors (Lipinski definition) is 6. The van der Waals surface area contributed by atoms with Crippen molar-refractivity contribution in [3.8, 4) is 0 Å². The molecule has 63 heavy (non-hydrogen) atoms. The van der Waals surface area contributed by atoms with Gasteiger partial charge in [0.1, 0.15) is 13.2 Å². The van der Waals surface area contributed by atoms with Crippen molar-refractivity contribution < 1.29 is 28.6 Å². The van der Waals surface area contributed by atoms with Crippen molar-refractivity contribution in [2.75, 3.05) is 13.2 Å². The van der Waals surface area contributed by atoms with E-state index in [9.17, 15) is 14.4 Å². The van der Waals surface area contributed by atoms with Gasteiger partial charge in [-0.1, -0.05) is 285 Å². The molecule has 0 spiro atoms. The number of hydrogen-bond donors (Lipinski definition) is 0. The zero-order chi connectivity index (χ0) is 45.9. The standard InChI is InChI=1S/C57H110O6/c1-5-7-9-11-13-15-17-19-20-21-22-24-29-33-37-41-45-49-56(59)62-52-54(51-61-55(58)48-44-40-36-32-28-23-18-16-14-12-10-8-6-2)63-57(60)50-46-42-38-34-30-26-25-27-31-35-39-43-47-53(3)4/h53-54H,5-52H2,1-4H3/t54-/m1/s1. The van der Waals surface area contributed by atoms with E-state index in [1.807, 2.05) is 0 Å². The van der Waals surface area contributed by atoms with Gasteiger partial charge < -0.3 is 14.2 Å². The summed E-state index contributed by atoms with van der Waals surface area (Å²) >= 11 is 0. The van der Waals surface area contributed by atoms with E-state index in [-0.39, 0.29) is 31.1 Å². The molecule has 6 nitrogen and oxygen atoms in total. The number of rotatable bonds is 52. The van der Waals surface area contributed by atoms with Gasteiger partial charge in [0.15, 0.2) is 6.10 Å². The SMILES string of the molecule is CCCCCCCCCCCCCCCCCCCC(=O)OC[C@@H](COC(=O)CCCCCCCCCCCCCCC)OC(=O)CCCCCCCCCCCCCCC(C)C. The van der Waals surface area contributed by atoms with Crippen LogP contribution in [0.15, 0.2) is 0 Å². The maximum absolute atomic E-state index is 12.8. The second kappa shape index (κ2) is 51.4. The van der Waals surface area contributed by atoms with Crippen LogP contribution in [0.1, 0.15) is 323 Å². The summed E-state index contributed by atoms with van der Waals surface area (Å²) in [4.78, 5) is 38.1. The van der Waals surface area contributed by atoms with Crippen molar-refractivity contribution >= 4 is 17.9 Å². The summed E-state index contributed by atoms with van der Waals surface area (Å²) in [6.07, 6.45) is 55.2. The van der Waals surface area contributed by atoms with Crippen molar-refractivity contribution in [2.24, 2.45) is 5.92 Å². The van der Waals surface area contributed by atoms with Gasteiger partial charge in [-0.25, -0.2) is 0 Å². The molecule has 0 saturated heterocycles. The van der Waals surface area contributed by atoms with Gasteiger partial charge in [0.2, 0.25) is 0 Å². The van der Waals surface area contributed by atoms with Crippen molar-refractivity contribution in [3.63, 3.8) is 0 Å². The molecule has 0 fully saturated rings. The fourth-order valence-electron chi connectivity index (χ4n) is 8.75. The second-order valence-corrected chi connectivity index (χ2v) is 20.1. The molecule has 1 atom stereocenters. The minimum atomic E-state index is -0.761. The van der Waals surface area contributed by atoms with E-state index >= 15 is 0 Å². The maximum Gasteiger partial charge on any atom is 0.306 e. The Balaban J connectivity index is 4.29. The summed E-state index contributed by atoms with van der Waals surface area (Å²) in [5.41, 5.74) is 0. The highest BCUT2D eigenvalue weighted by Crippen LogP contribution is 2.18. The van der Waals surface area contributed by atoms with Crippen LogP contribution < -0.4 is 0 Å². The molecule has 0 rings (SSSR count). The molecule has 0 heterocycles. The third-order valence-electron chi connectivity index (χ3n) is 13.0. The van der Waals surface area contributed by atoms with E-state index < -0.39 is 6.10 Å². The Morgan fingerprint density at radius 1 is 0.302 bits per heavy atom. The van der Waals surface area contributed by atoms with Gasteiger partial charge in [-0.05, 0) is 25.2 Å². The zero-order valence-corrected chi connectivity index (χ0v) is 43.0. The van der Waals surface area contributed by atoms with Crippen LogP contribution in [0.3, 0.4) is 0 Å². The molecule has 0 unspecified atom stereocenters. The summed E-state index contributed by atoms with van der Waals surface area (Å²) in [5.74, 6) is -0.00483. The first-order chi connectivity index (χ1) is 30.9. The number of carbonyl (C=O) groups excluding carboxylic acids is 3. The van der Waals surface area contributed by atoms with Crippen LogP contribution in [-0.2, 0) is 28.6 Å². The van der Waals surface area contributed by atoms with Crippen molar-refractivity contribution in [3.05, 3.63) is 0 Å². The van der Waals surface area contributed by atoms with Crippen LogP contribution in [0, 0.1) is 5.92 Å². The second-order valence-electron chi connectivity index (χ2n) is 20.1. The molecule has 0 N–H and O–H groups in total. The normalized spacial score (nSPS) is 12.0. The Kier molecular flexibility index (Phi) is 50.1. The zero-order valence-electron chi connectivity index (χ0n) is 43.0. The molecule has 6 heteroatoms. The van der Waals surface area contributed by atoms with E-state index in [0.29, 0.717) is 19.3 Å². The van der Waals surface area contributed by atoms with Crippen LogP contribution in [0.25, 0.3) is 0 Å². The molecular weight excluding hydrogens is 781 g/mol. The number of unbranched alkanes of at least 4 members (excludes halogenated alkanes) is 39. The Bertz CT molecular complexity index is 949. The monoisotopic (exact) mass is 891 g/mol. The highest BCUT2D eigenvalue weighted by molar-refractivity contribution is 5.71. The molecule has 0 radical (unpaired) electrons. The first-order valence-corrected chi connectivity index (χ1v) is 28.4. The molecule has 374 valence electrons. The van der Waals surface area contributed by atoms with E-state index in [1.54, 1.807) is 0 Å². The first-order valence-electron chi connectivity index (χ1n) is 28.4. The molecule has 0 aromatic rings. The Labute approximate surface area is 393 Å². The van der Waals surface area contributed by atoms with Gasteiger partial charge in [0, 0.05) is 19.3 Å². The molecular formula is C57H110O6. The quantitative estimate of drug-likeness (QED) is 0.0344. The molecule has 0 aliphatic carbocycles. The predicted octanol–water partition coefficient (Wildman–Crippen LogP) is 18.6. The van der Waals surface area contributed by atoms with E-state index in [1.165, 1.54) is 218 Å². The van der Waals surface area contributed by atoms with E-state index in [0.717, 1.165) is 63.7 Å². The molecule has 0 amide bonds. The maximum atomic E-state index is 12.8. The summed E-state index contributed by atoms with van der Waals surface area (Å²) in [7, 11) is 0. The molecule has 0 aliphatic rings. The highest BCUT2D eigenvalue weighted by atomic mass is 16.6. The summed E-state index contributed by atoms with van der Waals surface area (Å²) < 4.78 is 16.9. The van der Waals surface area contributed by atoms with Crippen molar-refractivity contribution in [2.45, 2.75) is 329 Å². The molecule has 0 aromatic heterocycles. The fraction of sp³-hybridized carbons (Fsp3) is 0.947. The molecule has 0 saturated carbocycles. The van der Waals surface area contributed by atoms with Gasteiger partial charge in [-0.15, -0.1) is 0 Å². The lowest BCUT2D eigenvalue weighted by atomic mass is 10.0. The Hall–Kier alpha value is -1.59.